The van der Waals surface area contributed by atoms with Gasteiger partial charge in [-0.2, -0.15) is 5.26 Å². The lowest BCUT2D eigenvalue weighted by atomic mass is 10.1. The van der Waals surface area contributed by atoms with Crippen LogP contribution in [0, 0.1) is 25.2 Å². The number of hydrogen-bond donors (Lipinski definition) is 1. The number of ether oxygens (including phenoxy) is 1. The number of fused-ring (bicyclic) bond motifs is 1. The minimum atomic E-state index is -0.538. The van der Waals surface area contributed by atoms with E-state index in [9.17, 15) is 14.9 Å². The number of carbonyl (C=O) groups excluding carboxylic acids is 2. The Balaban J connectivity index is 2.00. The van der Waals surface area contributed by atoms with E-state index in [-0.39, 0.29) is 18.1 Å². The van der Waals surface area contributed by atoms with Crippen molar-refractivity contribution >= 4 is 46.1 Å². The summed E-state index contributed by atoms with van der Waals surface area (Å²) in [5.41, 5.74) is 3.62. The van der Waals surface area contributed by atoms with Gasteiger partial charge in [0.1, 0.15) is 18.2 Å². The molecule has 0 aliphatic heterocycles. The predicted molar refractivity (Wildman–Crippen MR) is 122 cm³/mol. The monoisotopic (exact) mass is 435 g/mol. The van der Waals surface area contributed by atoms with E-state index in [1.165, 1.54) is 0 Å². The molecule has 6 nitrogen and oxygen atoms in total. The Kier molecular flexibility index (Phi) is 6.78. The predicted octanol–water partition coefficient (Wildman–Crippen LogP) is 5.02. The van der Waals surface area contributed by atoms with Crippen molar-refractivity contribution in [1.82, 2.24) is 4.57 Å². The maximum absolute atomic E-state index is 12.7. The summed E-state index contributed by atoms with van der Waals surface area (Å²) in [6.07, 6.45) is 1.55. The van der Waals surface area contributed by atoms with Crippen molar-refractivity contribution in [3.63, 3.8) is 0 Å². The van der Waals surface area contributed by atoms with Gasteiger partial charge < -0.3 is 14.6 Å². The normalized spacial score (nSPS) is 11.3. The van der Waals surface area contributed by atoms with E-state index in [2.05, 4.69) is 5.32 Å². The second-order valence-corrected chi connectivity index (χ2v) is 7.40. The van der Waals surface area contributed by atoms with Gasteiger partial charge in [-0.25, -0.2) is 0 Å². The number of nitrogens with zero attached hydrogens (tertiary/aromatic N) is 2. The van der Waals surface area contributed by atoms with Crippen LogP contribution >= 0.6 is 11.6 Å². The molecule has 0 aliphatic carbocycles. The summed E-state index contributed by atoms with van der Waals surface area (Å²) in [5.74, 6) is -0.888. The van der Waals surface area contributed by atoms with Crippen molar-refractivity contribution in [1.29, 1.82) is 5.26 Å². The van der Waals surface area contributed by atoms with E-state index in [4.69, 9.17) is 16.3 Å². The lowest BCUT2D eigenvalue weighted by Crippen LogP contribution is -2.14. The molecule has 0 fully saturated rings. The molecule has 31 heavy (non-hydrogen) atoms. The molecule has 0 unspecified atom stereocenters. The summed E-state index contributed by atoms with van der Waals surface area (Å²) in [6, 6.07) is 14.7. The lowest BCUT2D eigenvalue weighted by Gasteiger charge is -2.08. The molecule has 3 rings (SSSR count). The highest BCUT2D eigenvalue weighted by Crippen LogP contribution is 2.28. The molecule has 3 aromatic rings. The third kappa shape index (κ3) is 4.79. The zero-order valence-corrected chi connectivity index (χ0v) is 18.3. The second kappa shape index (κ2) is 9.50. The topological polar surface area (TPSA) is 84.1 Å². The number of hydrogen-bond acceptors (Lipinski definition) is 4. The number of amides is 1. The maximum atomic E-state index is 12.7. The van der Waals surface area contributed by atoms with E-state index in [1.807, 2.05) is 48.7 Å². The molecule has 0 spiro atoms. The van der Waals surface area contributed by atoms with Crippen LogP contribution in [-0.2, 0) is 20.9 Å². The van der Waals surface area contributed by atoms with Crippen LogP contribution in [-0.4, -0.2) is 23.1 Å². The first-order valence-corrected chi connectivity index (χ1v) is 10.2. The number of esters is 1. The number of para-hydroxylation sites is 1. The number of nitrogens with one attached hydrogen (secondary N) is 1. The molecule has 0 saturated carbocycles. The molecule has 0 atom stereocenters. The van der Waals surface area contributed by atoms with Gasteiger partial charge in [-0.3, -0.25) is 9.59 Å². The van der Waals surface area contributed by atoms with Crippen molar-refractivity contribution < 1.29 is 14.3 Å². The molecule has 0 radical (unpaired) electrons. The number of aromatic nitrogens is 1. The number of nitriles is 1. The Morgan fingerprint density at radius 3 is 2.65 bits per heavy atom. The molecular formula is C24H22ClN3O3. The first-order valence-electron chi connectivity index (χ1n) is 9.78. The Morgan fingerprint density at radius 2 is 1.97 bits per heavy atom. The molecule has 1 aromatic heterocycles. The van der Waals surface area contributed by atoms with Crippen LogP contribution in [0.3, 0.4) is 0 Å². The highest BCUT2D eigenvalue weighted by atomic mass is 35.5. The van der Waals surface area contributed by atoms with Crippen LogP contribution in [0.15, 0.2) is 48.0 Å². The van der Waals surface area contributed by atoms with Gasteiger partial charge in [-0.15, -0.1) is 0 Å². The van der Waals surface area contributed by atoms with Gasteiger partial charge in [0.2, 0.25) is 0 Å². The fraction of sp³-hybridized carbons (Fsp3) is 0.208. The zero-order valence-electron chi connectivity index (χ0n) is 17.5. The Labute approximate surface area is 185 Å². The largest absolute Gasteiger partial charge is 0.465 e. The van der Waals surface area contributed by atoms with Crippen LogP contribution in [0.1, 0.15) is 23.7 Å². The SMILES string of the molecule is CCOC(=O)Cn1c(C)c(/C=C(\C#N)C(=O)Nc2ccc(C)c(Cl)c2)c2ccccc21. The van der Waals surface area contributed by atoms with E-state index in [0.29, 0.717) is 22.9 Å². The number of anilines is 1. The lowest BCUT2D eigenvalue weighted by molar-refractivity contribution is -0.143. The van der Waals surface area contributed by atoms with Crippen molar-refractivity contribution in [3.05, 3.63) is 69.9 Å². The van der Waals surface area contributed by atoms with Crippen LogP contribution in [0.5, 0.6) is 0 Å². The molecule has 0 saturated heterocycles. The molecule has 1 heterocycles. The van der Waals surface area contributed by atoms with E-state index >= 15 is 0 Å². The van der Waals surface area contributed by atoms with Crippen molar-refractivity contribution in [2.24, 2.45) is 0 Å². The number of aryl methyl sites for hydroxylation is 1. The van der Waals surface area contributed by atoms with Gasteiger partial charge in [-0.1, -0.05) is 35.9 Å². The second-order valence-electron chi connectivity index (χ2n) is 7.00. The average Bonchev–Trinajstić information content (AvgIpc) is 3.00. The molecule has 2 aromatic carbocycles. The molecular weight excluding hydrogens is 414 g/mol. The maximum Gasteiger partial charge on any atom is 0.325 e. The minimum absolute atomic E-state index is 0.0456. The third-order valence-electron chi connectivity index (χ3n) is 4.96. The summed E-state index contributed by atoms with van der Waals surface area (Å²) in [7, 11) is 0. The number of halogens is 1. The van der Waals surface area contributed by atoms with E-state index in [1.54, 1.807) is 31.2 Å². The smallest absolute Gasteiger partial charge is 0.325 e. The highest BCUT2D eigenvalue weighted by molar-refractivity contribution is 6.31. The van der Waals surface area contributed by atoms with Gasteiger partial charge >= 0.3 is 5.97 Å². The molecule has 158 valence electrons. The Morgan fingerprint density at radius 1 is 1.23 bits per heavy atom. The van der Waals surface area contributed by atoms with E-state index < -0.39 is 5.91 Å². The van der Waals surface area contributed by atoms with Gasteiger partial charge in [0.15, 0.2) is 0 Å². The first kappa shape index (κ1) is 22.1. The van der Waals surface area contributed by atoms with Gasteiger partial charge in [0, 0.05) is 32.9 Å². The summed E-state index contributed by atoms with van der Waals surface area (Å²) in [4.78, 5) is 24.8. The van der Waals surface area contributed by atoms with Gasteiger partial charge in [0.25, 0.3) is 5.91 Å². The summed E-state index contributed by atoms with van der Waals surface area (Å²) < 4.78 is 6.91. The summed E-state index contributed by atoms with van der Waals surface area (Å²) >= 11 is 6.12. The van der Waals surface area contributed by atoms with Crippen LogP contribution in [0.25, 0.3) is 17.0 Å². The molecule has 1 amide bonds. The third-order valence-corrected chi connectivity index (χ3v) is 5.36. The fourth-order valence-corrected chi connectivity index (χ4v) is 3.52. The highest BCUT2D eigenvalue weighted by Gasteiger charge is 2.18. The van der Waals surface area contributed by atoms with Crippen LogP contribution in [0.4, 0.5) is 5.69 Å². The van der Waals surface area contributed by atoms with Gasteiger partial charge in [0.05, 0.1) is 6.61 Å². The number of carbonyl (C=O) groups is 2. The van der Waals surface area contributed by atoms with E-state index in [0.717, 1.165) is 22.2 Å². The standard InChI is InChI=1S/C24H22ClN3O3/c1-4-31-23(29)14-28-16(3)20(19-7-5-6-8-22(19)28)11-17(13-26)24(30)27-18-10-9-15(2)21(25)12-18/h5-12H,4,14H2,1-3H3,(H,27,30)/b17-11+. The molecule has 0 aliphatic rings. The van der Waals surface area contributed by atoms with Crippen molar-refractivity contribution in [2.75, 3.05) is 11.9 Å². The summed E-state index contributed by atoms with van der Waals surface area (Å²) in [5, 5.41) is 13.7. The minimum Gasteiger partial charge on any atom is -0.465 e. The summed E-state index contributed by atoms with van der Waals surface area (Å²) in [6.45, 7) is 5.81. The molecule has 7 heteroatoms. The first-order chi connectivity index (χ1) is 14.8. The van der Waals surface area contributed by atoms with Crippen LogP contribution in [0.2, 0.25) is 5.02 Å². The zero-order chi connectivity index (χ0) is 22.5. The van der Waals surface area contributed by atoms with Crippen molar-refractivity contribution in [2.45, 2.75) is 27.3 Å². The van der Waals surface area contributed by atoms with Crippen molar-refractivity contribution in [3.8, 4) is 6.07 Å². The number of benzene rings is 2. The molecule has 0 bridgehead atoms. The molecule has 1 N–H and O–H groups in total. The van der Waals surface area contributed by atoms with Gasteiger partial charge in [-0.05, 0) is 50.6 Å². The fourth-order valence-electron chi connectivity index (χ4n) is 3.34. The Bertz CT molecular complexity index is 1230. The number of rotatable bonds is 6. The average molecular weight is 436 g/mol. The quantitative estimate of drug-likeness (QED) is 0.334. The Hall–Kier alpha value is -3.56. The van der Waals surface area contributed by atoms with Crippen LogP contribution < -0.4 is 5.32 Å².